The van der Waals surface area contributed by atoms with Crippen LogP contribution in [0.2, 0.25) is 0 Å². The second kappa shape index (κ2) is 4.01. The summed E-state index contributed by atoms with van der Waals surface area (Å²) < 4.78 is 4.93. The van der Waals surface area contributed by atoms with Gasteiger partial charge in [-0.2, -0.15) is 0 Å². The largest absolute Gasteiger partial charge is 0.388 e. The van der Waals surface area contributed by atoms with Crippen molar-refractivity contribution in [1.29, 1.82) is 0 Å². The molecule has 0 radical (unpaired) electrons. The summed E-state index contributed by atoms with van der Waals surface area (Å²) >= 11 is 0. The van der Waals surface area contributed by atoms with Gasteiger partial charge in [0.25, 0.3) is 0 Å². The molecule has 0 unspecified atom stereocenters. The molecule has 0 aliphatic carbocycles. The Labute approximate surface area is 75.7 Å². The number of rotatable bonds is 1. The molecule has 6 heteroatoms. The van der Waals surface area contributed by atoms with Crippen molar-refractivity contribution in [2.75, 3.05) is 6.61 Å². The van der Waals surface area contributed by atoms with E-state index in [0.717, 1.165) is 0 Å². The molecule has 1 saturated heterocycles. The van der Waals surface area contributed by atoms with Gasteiger partial charge in [-0.1, -0.05) is 0 Å². The molecule has 0 aromatic rings. The van der Waals surface area contributed by atoms with Gasteiger partial charge in [0.2, 0.25) is 5.91 Å². The van der Waals surface area contributed by atoms with Gasteiger partial charge >= 0.3 is 0 Å². The third kappa shape index (κ3) is 2.38. The quantitative estimate of drug-likeness (QED) is 0.366. The number of ether oxygens (including phenoxy) is 1. The minimum Gasteiger partial charge on any atom is -0.388 e. The third-order valence-electron chi connectivity index (χ3n) is 1.95. The molecule has 4 atom stereocenters. The maximum absolute atomic E-state index is 10.7. The molecule has 6 nitrogen and oxygen atoms in total. The van der Waals surface area contributed by atoms with Crippen LogP contribution in [0.15, 0.2) is 0 Å². The first-order chi connectivity index (χ1) is 6.02. The van der Waals surface area contributed by atoms with Crippen molar-refractivity contribution in [2.45, 2.75) is 31.4 Å². The van der Waals surface area contributed by atoms with Crippen LogP contribution in [0.3, 0.4) is 0 Å². The molecular weight excluding hydrogens is 176 g/mol. The smallest absolute Gasteiger partial charge is 0.217 e. The Morgan fingerprint density at radius 2 is 2.23 bits per heavy atom. The molecule has 1 heterocycles. The van der Waals surface area contributed by atoms with E-state index in [4.69, 9.17) is 10.5 Å². The SMILES string of the molecule is CC(=O)N[C@@H]1[C@@H](O)[C@H](O)CO[C@H]1N. The Bertz CT molecular complexity index is 199. The van der Waals surface area contributed by atoms with Crippen LogP contribution in [-0.4, -0.2) is 47.2 Å². The first-order valence-corrected chi connectivity index (χ1v) is 4.03. The fourth-order valence-electron chi connectivity index (χ4n) is 1.25. The summed E-state index contributed by atoms with van der Waals surface area (Å²) in [4.78, 5) is 10.7. The summed E-state index contributed by atoms with van der Waals surface area (Å²) in [6.07, 6.45) is -2.86. The summed E-state index contributed by atoms with van der Waals surface area (Å²) in [5.41, 5.74) is 5.47. The second-order valence-electron chi connectivity index (χ2n) is 3.08. The van der Waals surface area contributed by atoms with Gasteiger partial charge in [0.05, 0.1) is 12.6 Å². The number of hydrogen-bond donors (Lipinski definition) is 4. The predicted octanol–water partition coefficient (Wildman–Crippen LogP) is -2.47. The molecule has 1 aliphatic rings. The number of aliphatic hydroxyl groups is 2. The maximum Gasteiger partial charge on any atom is 0.217 e. The fraction of sp³-hybridized carbons (Fsp3) is 0.857. The maximum atomic E-state index is 10.7. The van der Waals surface area contributed by atoms with Gasteiger partial charge in [0, 0.05) is 6.92 Å². The molecule has 0 bridgehead atoms. The number of nitrogens with two attached hydrogens (primary N) is 1. The normalized spacial score (nSPS) is 40.0. The van der Waals surface area contributed by atoms with Crippen molar-refractivity contribution in [1.82, 2.24) is 5.32 Å². The van der Waals surface area contributed by atoms with Gasteiger partial charge in [0.15, 0.2) is 0 Å². The van der Waals surface area contributed by atoms with E-state index in [9.17, 15) is 15.0 Å². The van der Waals surface area contributed by atoms with Crippen molar-refractivity contribution in [3.63, 3.8) is 0 Å². The van der Waals surface area contributed by atoms with E-state index in [-0.39, 0.29) is 12.5 Å². The minimum atomic E-state index is -1.08. The van der Waals surface area contributed by atoms with Gasteiger partial charge in [-0.3, -0.25) is 4.79 Å². The van der Waals surface area contributed by atoms with Gasteiger partial charge < -0.3 is 26.0 Å². The number of nitrogens with one attached hydrogen (secondary N) is 1. The van der Waals surface area contributed by atoms with E-state index >= 15 is 0 Å². The minimum absolute atomic E-state index is 0.0155. The van der Waals surface area contributed by atoms with Crippen molar-refractivity contribution in [3.8, 4) is 0 Å². The molecule has 0 spiro atoms. The molecule has 5 N–H and O–H groups in total. The molecular formula is C7H14N2O4. The highest BCUT2D eigenvalue weighted by molar-refractivity contribution is 5.73. The molecule has 1 amide bonds. The van der Waals surface area contributed by atoms with Crippen LogP contribution >= 0.6 is 0 Å². The van der Waals surface area contributed by atoms with Crippen molar-refractivity contribution in [2.24, 2.45) is 5.73 Å². The Kier molecular flexibility index (Phi) is 3.21. The highest BCUT2D eigenvalue weighted by Gasteiger charge is 2.37. The number of aliphatic hydroxyl groups excluding tert-OH is 2. The first-order valence-electron chi connectivity index (χ1n) is 4.03. The van der Waals surface area contributed by atoms with Gasteiger partial charge in [-0.25, -0.2) is 0 Å². The van der Waals surface area contributed by atoms with Crippen LogP contribution in [0.5, 0.6) is 0 Å². The van der Waals surface area contributed by atoms with E-state index in [1.54, 1.807) is 0 Å². The Morgan fingerprint density at radius 3 is 2.77 bits per heavy atom. The van der Waals surface area contributed by atoms with Crippen LogP contribution in [0, 0.1) is 0 Å². The number of carbonyl (C=O) groups is 1. The van der Waals surface area contributed by atoms with Crippen molar-refractivity contribution in [3.05, 3.63) is 0 Å². The first kappa shape index (κ1) is 10.4. The number of hydrogen-bond acceptors (Lipinski definition) is 5. The molecule has 0 aromatic carbocycles. The predicted molar refractivity (Wildman–Crippen MR) is 43.5 cm³/mol. The Morgan fingerprint density at radius 1 is 1.62 bits per heavy atom. The second-order valence-corrected chi connectivity index (χ2v) is 3.08. The zero-order valence-electron chi connectivity index (χ0n) is 7.30. The Hall–Kier alpha value is -0.690. The topological polar surface area (TPSA) is 105 Å². The van der Waals surface area contributed by atoms with Gasteiger partial charge in [-0.15, -0.1) is 0 Å². The summed E-state index contributed by atoms with van der Waals surface area (Å²) in [7, 11) is 0. The lowest BCUT2D eigenvalue weighted by atomic mass is 10.0. The molecule has 1 rings (SSSR count). The van der Waals surface area contributed by atoms with Crippen LogP contribution in [0.1, 0.15) is 6.92 Å². The van der Waals surface area contributed by atoms with Crippen molar-refractivity contribution >= 4 is 5.91 Å². The fourth-order valence-corrected chi connectivity index (χ4v) is 1.25. The lowest BCUT2D eigenvalue weighted by Crippen LogP contribution is -2.62. The number of carbonyl (C=O) groups excluding carboxylic acids is 1. The molecule has 1 fully saturated rings. The monoisotopic (exact) mass is 190 g/mol. The molecule has 0 aromatic heterocycles. The lowest BCUT2D eigenvalue weighted by Gasteiger charge is -2.36. The van der Waals surface area contributed by atoms with Gasteiger partial charge in [0.1, 0.15) is 18.4 Å². The zero-order chi connectivity index (χ0) is 10.0. The molecule has 1 aliphatic heterocycles. The van der Waals surface area contributed by atoms with E-state index in [1.165, 1.54) is 6.92 Å². The van der Waals surface area contributed by atoms with E-state index in [0.29, 0.717) is 0 Å². The zero-order valence-corrected chi connectivity index (χ0v) is 7.30. The lowest BCUT2D eigenvalue weighted by molar-refractivity contribution is -0.147. The Balaban J connectivity index is 2.60. The number of amides is 1. The average Bonchev–Trinajstić information content (AvgIpc) is 2.05. The van der Waals surface area contributed by atoms with Crippen LogP contribution in [-0.2, 0) is 9.53 Å². The standard InChI is InChI=1S/C7H14N2O4/c1-3(10)9-5-6(12)4(11)2-13-7(5)8/h4-7,11-12H,2,8H2,1H3,(H,9,10)/t4-,5-,6+,7-/m1/s1. The highest BCUT2D eigenvalue weighted by Crippen LogP contribution is 2.11. The van der Waals surface area contributed by atoms with E-state index in [1.807, 2.05) is 0 Å². The molecule has 0 saturated carbocycles. The average molecular weight is 190 g/mol. The summed E-state index contributed by atoms with van der Waals surface area (Å²) in [5.74, 6) is -0.322. The van der Waals surface area contributed by atoms with Gasteiger partial charge in [-0.05, 0) is 0 Å². The highest BCUT2D eigenvalue weighted by atomic mass is 16.5. The van der Waals surface area contributed by atoms with Crippen molar-refractivity contribution < 1.29 is 19.7 Å². The molecule has 13 heavy (non-hydrogen) atoms. The van der Waals surface area contributed by atoms with Crippen LogP contribution < -0.4 is 11.1 Å². The summed E-state index contributed by atoms with van der Waals surface area (Å²) in [6.45, 7) is 1.29. The van der Waals surface area contributed by atoms with E-state index in [2.05, 4.69) is 5.32 Å². The third-order valence-corrected chi connectivity index (χ3v) is 1.95. The van der Waals surface area contributed by atoms with E-state index < -0.39 is 24.5 Å². The summed E-state index contributed by atoms with van der Waals surface area (Å²) in [5, 5.41) is 21.0. The van der Waals surface area contributed by atoms with Crippen LogP contribution in [0.25, 0.3) is 0 Å². The summed E-state index contributed by atoms with van der Waals surface area (Å²) in [6, 6.07) is -0.749. The van der Waals surface area contributed by atoms with Crippen LogP contribution in [0.4, 0.5) is 0 Å². The molecule has 76 valence electrons.